The van der Waals surface area contributed by atoms with Gasteiger partial charge in [-0.25, -0.2) is 4.79 Å². The second-order valence-electron chi connectivity index (χ2n) is 5.31. The number of anilines is 1. The quantitative estimate of drug-likeness (QED) is 0.642. The molecule has 0 aromatic heterocycles. The number of hydrogen-bond donors (Lipinski definition) is 1. The Labute approximate surface area is 147 Å². The Morgan fingerprint density at radius 2 is 1.92 bits per heavy atom. The van der Waals surface area contributed by atoms with E-state index in [-0.39, 0.29) is 5.91 Å². The molecule has 2 rings (SSSR count). The van der Waals surface area contributed by atoms with Crippen molar-refractivity contribution >= 4 is 23.6 Å². The van der Waals surface area contributed by atoms with Crippen molar-refractivity contribution < 1.29 is 19.1 Å². The van der Waals surface area contributed by atoms with Gasteiger partial charge < -0.3 is 14.8 Å². The van der Waals surface area contributed by atoms with Crippen LogP contribution in [0.3, 0.4) is 0 Å². The number of aryl methyl sites for hydroxylation is 1. The fraction of sp³-hybridized carbons (Fsp3) is 0.200. The summed E-state index contributed by atoms with van der Waals surface area (Å²) in [7, 11) is 1.32. The molecule has 1 amide bonds. The first kappa shape index (κ1) is 18.3. The minimum absolute atomic E-state index is 0.295. The fourth-order valence-corrected chi connectivity index (χ4v) is 2.25. The van der Waals surface area contributed by atoms with Gasteiger partial charge in [0.1, 0.15) is 5.75 Å². The summed E-state index contributed by atoms with van der Waals surface area (Å²) in [6, 6.07) is 12.5. The largest absolute Gasteiger partial charge is 0.493 e. The van der Waals surface area contributed by atoms with E-state index >= 15 is 0 Å². The molecular formula is C20H21NO4. The minimum atomic E-state index is -0.448. The number of carbonyl (C=O) groups excluding carboxylic acids is 2. The van der Waals surface area contributed by atoms with Gasteiger partial charge in [-0.2, -0.15) is 0 Å². The van der Waals surface area contributed by atoms with Crippen molar-refractivity contribution in [3.63, 3.8) is 0 Å². The molecule has 0 atom stereocenters. The van der Waals surface area contributed by atoms with E-state index in [4.69, 9.17) is 9.47 Å². The van der Waals surface area contributed by atoms with E-state index in [1.54, 1.807) is 24.3 Å². The Bertz CT molecular complexity index is 796. The number of ether oxygens (including phenoxy) is 2. The van der Waals surface area contributed by atoms with Gasteiger partial charge >= 0.3 is 5.97 Å². The molecule has 130 valence electrons. The molecule has 0 radical (unpaired) electrons. The van der Waals surface area contributed by atoms with Crippen LogP contribution in [0.2, 0.25) is 0 Å². The SMILES string of the molecule is CCOc1ccccc1/C=C/C(=O)Nc1cc(C(=O)OC)ccc1C. The van der Waals surface area contributed by atoms with Gasteiger partial charge in [0.25, 0.3) is 0 Å². The average Bonchev–Trinajstić information content (AvgIpc) is 2.62. The van der Waals surface area contributed by atoms with Gasteiger partial charge in [0.15, 0.2) is 0 Å². The molecule has 2 aromatic carbocycles. The number of benzene rings is 2. The highest BCUT2D eigenvalue weighted by molar-refractivity contribution is 6.03. The van der Waals surface area contributed by atoms with Crippen molar-refractivity contribution in [2.75, 3.05) is 19.0 Å². The molecule has 1 N–H and O–H groups in total. The summed E-state index contributed by atoms with van der Waals surface area (Å²) < 4.78 is 10.2. The summed E-state index contributed by atoms with van der Waals surface area (Å²) in [5.74, 6) is -0.0222. The summed E-state index contributed by atoms with van der Waals surface area (Å²) in [6.07, 6.45) is 3.13. The summed E-state index contributed by atoms with van der Waals surface area (Å²) in [6.45, 7) is 4.31. The van der Waals surface area contributed by atoms with Gasteiger partial charge in [0.05, 0.1) is 19.3 Å². The topological polar surface area (TPSA) is 64.6 Å². The van der Waals surface area contributed by atoms with Crippen LogP contribution in [0, 0.1) is 6.92 Å². The normalized spacial score (nSPS) is 10.5. The Hall–Kier alpha value is -3.08. The van der Waals surface area contributed by atoms with Crippen LogP contribution in [-0.2, 0) is 9.53 Å². The Morgan fingerprint density at radius 3 is 2.64 bits per heavy atom. The maximum absolute atomic E-state index is 12.2. The van der Waals surface area contributed by atoms with Crippen LogP contribution in [0.1, 0.15) is 28.4 Å². The molecule has 0 spiro atoms. The summed E-state index contributed by atoms with van der Waals surface area (Å²) in [4.78, 5) is 23.8. The van der Waals surface area contributed by atoms with Gasteiger partial charge in [-0.05, 0) is 43.7 Å². The smallest absolute Gasteiger partial charge is 0.337 e. The predicted molar refractivity (Wildman–Crippen MR) is 97.8 cm³/mol. The van der Waals surface area contributed by atoms with Gasteiger partial charge in [-0.3, -0.25) is 4.79 Å². The second kappa shape index (κ2) is 8.68. The molecule has 0 saturated carbocycles. The molecule has 0 fully saturated rings. The molecular weight excluding hydrogens is 318 g/mol. The molecule has 5 heteroatoms. The van der Waals surface area contributed by atoms with Crippen LogP contribution in [0.25, 0.3) is 6.08 Å². The van der Waals surface area contributed by atoms with Gasteiger partial charge in [-0.1, -0.05) is 24.3 Å². The second-order valence-corrected chi connectivity index (χ2v) is 5.31. The van der Waals surface area contributed by atoms with Crippen molar-refractivity contribution in [2.24, 2.45) is 0 Å². The van der Waals surface area contributed by atoms with Gasteiger partial charge in [-0.15, -0.1) is 0 Å². The van der Waals surface area contributed by atoms with Crippen molar-refractivity contribution in [3.8, 4) is 5.75 Å². The van der Waals surface area contributed by atoms with Crippen molar-refractivity contribution in [1.82, 2.24) is 0 Å². The molecule has 2 aromatic rings. The monoisotopic (exact) mass is 339 g/mol. The highest BCUT2D eigenvalue weighted by atomic mass is 16.5. The Kier molecular flexibility index (Phi) is 6.34. The van der Waals surface area contributed by atoms with Crippen molar-refractivity contribution in [3.05, 3.63) is 65.2 Å². The molecule has 25 heavy (non-hydrogen) atoms. The summed E-state index contributed by atoms with van der Waals surface area (Å²) in [5, 5.41) is 2.78. The van der Waals surface area contributed by atoms with Crippen LogP contribution in [0.15, 0.2) is 48.5 Å². The van der Waals surface area contributed by atoms with Crippen LogP contribution in [0.4, 0.5) is 5.69 Å². The molecule has 0 heterocycles. The molecule has 0 aliphatic rings. The van der Waals surface area contributed by atoms with E-state index in [9.17, 15) is 9.59 Å². The van der Waals surface area contributed by atoms with Gasteiger partial charge in [0, 0.05) is 17.3 Å². The Morgan fingerprint density at radius 1 is 1.16 bits per heavy atom. The highest BCUT2D eigenvalue weighted by Gasteiger charge is 2.09. The third-order valence-corrected chi connectivity index (χ3v) is 3.55. The fourth-order valence-electron chi connectivity index (χ4n) is 2.25. The zero-order valence-electron chi connectivity index (χ0n) is 14.5. The molecule has 0 aliphatic heterocycles. The molecule has 0 bridgehead atoms. The average molecular weight is 339 g/mol. The first-order valence-electron chi connectivity index (χ1n) is 7.95. The number of rotatable bonds is 6. The van der Waals surface area contributed by atoms with Crippen LogP contribution in [0.5, 0.6) is 5.75 Å². The number of hydrogen-bond acceptors (Lipinski definition) is 4. The lowest BCUT2D eigenvalue weighted by Gasteiger charge is -2.09. The van der Waals surface area contributed by atoms with E-state index in [1.807, 2.05) is 38.1 Å². The lowest BCUT2D eigenvalue weighted by atomic mass is 10.1. The maximum Gasteiger partial charge on any atom is 0.337 e. The summed E-state index contributed by atoms with van der Waals surface area (Å²) in [5.41, 5.74) is 2.62. The zero-order chi connectivity index (χ0) is 18.2. The number of amides is 1. The van der Waals surface area contributed by atoms with Crippen molar-refractivity contribution in [2.45, 2.75) is 13.8 Å². The lowest BCUT2D eigenvalue weighted by Crippen LogP contribution is -2.10. The number of esters is 1. The molecule has 5 nitrogen and oxygen atoms in total. The van der Waals surface area contributed by atoms with E-state index in [0.29, 0.717) is 17.9 Å². The zero-order valence-corrected chi connectivity index (χ0v) is 14.5. The molecule has 0 unspecified atom stereocenters. The van der Waals surface area contributed by atoms with Crippen LogP contribution < -0.4 is 10.1 Å². The third-order valence-electron chi connectivity index (χ3n) is 3.55. The maximum atomic E-state index is 12.2. The van der Waals surface area contributed by atoms with Crippen LogP contribution >= 0.6 is 0 Å². The first-order chi connectivity index (χ1) is 12.0. The van der Waals surface area contributed by atoms with Gasteiger partial charge in [0.2, 0.25) is 5.91 Å². The van der Waals surface area contributed by atoms with E-state index in [2.05, 4.69) is 5.32 Å². The van der Waals surface area contributed by atoms with Crippen molar-refractivity contribution in [1.29, 1.82) is 0 Å². The van der Waals surface area contributed by atoms with E-state index in [0.717, 1.165) is 16.9 Å². The lowest BCUT2D eigenvalue weighted by molar-refractivity contribution is -0.111. The Balaban J connectivity index is 2.14. The number of methoxy groups -OCH3 is 1. The standard InChI is InChI=1S/C20H21NO4/c1-4-25-18-8-6-5-7-15(18)11-12-19(22)21-17-13-16(20(23)24-3)10-9-14(17)2/h5-13H,4H2,1-3H3,(H,21,22)/b12-11+. The number of carbonyl (C=O) groups is 2. The van der Waals surface area contributed by atoms with E-state index < -0.39 is 5.97 Å². The van der Waals surface area contributed by atoms with E-state index in [1.165, 1.54) is 13.2 Å². The third kappa shape index (κ3) is 4.94. The molecule has 0 aliphatic carbocycles. The summed E-state index contributed by atoms with van der Waals surface area (Å²) >= 11 is 0. The molecule has 0 saturated heterocycles. The number of nitrogens with one attached hydrogen (secondary N) is 1. The van der Waals surface area contributed by atoms with Crippen LogP contribution in [-0.4, -0.2) is 25.6 Å². The first-order valence-corrected chi connectivity index (χ1v) is 7.95. The minimum Gasteiger partial charge on any atom is -0.493 e. The number of para-hydroxylation sites is 1. The predicted octanol–water partition coefficient (Wildman–Crippen LogP) is 3.83. The highest BCUT2D eigenvalue weighted by Crippen LogP contribution is 2.20.